The third kappa shape index (κ3) is 3.98. The molecule has 2 heterocycles. The second-order valence-corrected chi connectivity index (χ2v) is 8.12. The quantitative estimate of drug-likeness (QED) is 0.768. The zero-order chi connectivity index (χ0) is 14.8. The van der Waals surface area contributed by atoms with E-state index >= 15 is 0 Å². The highest BCUT2D eigenvalue weighted by molar-refractivity contribution is 4.91. The van der Waals surface area contributed by atoms with Crippen molar-refractivity contribution in [1.29, 1.82) is 0 Å². The molecule has 2 saturated heterocycles. The normalized spacial score (nSPS) is 32.7. The van der Waals surface area contributed by atoms with Gasteiger partial charge in [-0.1, -0.05) is 13.3 Å². The monoisotopic (exact) mass is 280 g/mol. The Kier molecular flexibility index (Phi) is 5.53. The van der Waals surface area contributed by atoms with Crippen LogP contribution >= 0.6 is 0 Å². The molecule has 2 nitrogen and oxygen atoms in total. The molecule has 0 aromatic carbocycles. The Morgan fingerprint density at radius 3 is 2.45 bits per heavy atom. The fourth-order valence-electron chi connectivity index (χ4n) is 4.29. The van der Waals surface area contributed by atoms with Crippen molar-refractivity contribution in [2.45, 2.75) is 78.3 Å². The minimum Gasteiger partial charge on any atom is -0.301 e. The molecule has 2 rings (SSSR count). The van der Waals surface area contributed by atoms with Gasteiger partial charge in [-0.2, -0.15) is 0 Å². The first kappa shape index (κ1) is 16.3. The lowest BCUT2D eigenvalue weighted by atomic mass is 9.80. The second kappa shape index (κ2) is 6.79. The average Bonchev–Trinajstić information content (AvgIpc) is 2.41. The molecule has 0 saturated carbocycles. The van der Waals surface area contributed by atoms with Gasteiger partial charge in [-0.15, -0.1) is 0 Å². The van der Waals surface area contributed by atoms with Gasteiger partial charge in [0.15, 0.2) is 0 Å². The van der Waals surface area contributed by atoms with Crippen molar-refractivity contribution < 1.29 is 0 Å². The molecular weight excluding hydrogens is 244 g/mol. The molecule has 2 fully saturated rings. The van der Waals surface area contributed by atoms with Gasteiger partial charge in [0.25, 0.3) is 0 Å². The zero-order valence-corrected chi connectivity index (χ0v) is 14.5. The van der Waals surface area contributed by atoms with Gasteiger partial charge >= 0.3 is 0 Å². The van der Waals surface area contributed by atoms with Crippen molar-refractivity contribution in [1.82, 2.24) is 9.80 Å². The van der Waals surface area contributed by atoms with Crippen LogP contribution in [-0.4, -0.2) is 47.6 Å². The van der Waals surface area contributed by atoms with Crippen LogP contribution in [0.2, 0.25) is 0 Å². The summed E-state index contributed by atoms with van der Waals surface area (Å²) >= 11 is 0. The minimum absolute atomic E-state index is 0.416. The number of hydrogen-bond donors (Lipinski definition) is 0. The van der Waals surface area contributed by atoms with Crippen molar-refractivity contribution in [2.75, 3.05) is 26.2 Å². The van der Waals surface area contributed by atoms with Crippen LogP contribution in [0.3, 0.4) is 0 Å². The van der Waals surface area contributed by atoms with Gasteiger partial charge in [-0.25, -0.2) is 0 Å². The first-order valence-corrected chi connectivity index (χ1v) is 8.91. The Hall–Kier alpha value is -0.0800. The third-order valence-corrected chi connectivity index (χ3v) is 5.79. The summed E-state index contributed by atoms with van der Waals surface area (Å²) in [7, 11) is 0. The highest BCUT2D eigenvalue weighted by Gasteiger charge is 2.35. The maximum absolute atomic E-state index is 2.80. The Morgan fingerprint density at radius 1 is 1.10 bits per heavy atom. The van der Waals surface area contributed by atoms with E-state index in [1.807, 2.05) is 0 Å². The van der Waals surface area contributed by atoms with Crippen LogP contribution in [-0.2, 0) is 0 Å². The number of nitrogens with zero attached hydrogens (tertiary/aromatic N) is 2. The Morgan fingerprint density at radius 2 is 1.85 bits per heavy atom. The topological polar surface area (TPSA) is 6.48 Å². The van der Waals surface area contributed by atoms with Crippen LogP contribution in [0.25, 0.3) is 0 Å². The van der Waals surface area contributed by atoms with Gasteiger partial charge in [-0.3, -0.25) is 4.90 Å². The molecule has 2 aliphatic rings. The van der Waals surface area contributed by atoms with E-state index in [0.29, 0.717) is 5.54 Å². The van der Waals surface area contributed by atoms with Crippen LogP contribution in [0, 0.1) is 11.8 Å². The van der Waals surface area contributed by atoms with Gasteiger partial charge in [0.1, 0.15) is 0 Å². The number of likely N-dealkylation sites (tertiary alicyclic amines) is 2. The zero-order valence-electron chi connectivity index (χ0n) is 14.5. The van der Waals surface area contributed by atoms with Gasteiger partial charge in [0.2, 0.25) is 0 Å². The average molecular weight is 280 g/mol. The van der Waals surface area contributed by atoms with Gasteiger partial charge in [0, 0.05) is 24.7 Å². The van der Waals surface area contributed by atoms with E-state index < -0.39 is 0 Å². The lowest BCUT2D eigenvalue weighted by Gasteiger charge is -2.48. The molecule has 0 amide bonds. The standard InChI is InChI=1S/C18H36N2/c1-6-16-9-11-20(18(4,5)12-16)14-17-8-7-10-19(13-17)15(2)3/h15-17H,6-14H2,1-5H3. The molecule has 0 aromatic rings. The van der Waals surface area contributed by atoms with Gasteiger partial charge in [0.05, 0.1) is 0 Å². The second-order valence-electron chi connectivity index (χ2n) is 8.12. The van der Waals surface area contributed by atoms with E-state index in [1.165, 1.54) is 58.3 Å². The summed E-state index contributed by atoms with van der Waals surface area (Å²) < 4.78 is 0. The summed E-state index contributed by atoms with van der Waals surface area (Å²) in [6.07, 6.45) is 7.01. The molecule has 118 valence electrons. The largest absolute Gasteiger partial charge is 0.301 e. The van der Waals surface area contributed by atoms with E-state index in [9.17, 15) is 0 Å². The van der Waals surface area contributed by atoms with Crippen molar-refractivity contribution in [3.05, 3.63) is 0 Å². The molecule has 0 bridgehead atoms. The molecule has 0 spiro atoms. The van der Waals surface area contributed by atoms with Crippen molar-refractivity contribution in [2.24, 2.45) is 11.8 Å². The van der Waals surface area contributed by atoms with Crippen molar-refractivity contribution in [3.63, 3.8) is 0 Å². The van der Waals surface area contributed by atoms with Crippen LogP contribution in [0.5, 0.6) is 0 Å². The molecule has 2 atom stereocenters. The minimum atomic E-state index is 0.416. The molecular formula is C18H36N2. The van der Waals surface area contributed by atoms with Gasteiger partial charge in [-0.05, 0) is 78.3 Å². The van der Waals surface area contributed by atoms with E-state index in [0.717, 1.165) is 17.9 Å². The van der Waals surface area contributed by atoms with Crippen LogP contribution in [0.1, 0.15) is 66.7 Å². The van der Waals surface area contributed by atoms with Crippen molar-refractivity contribution in [3.8, 4) is 0 Å². The number of rotatable bonds is 4. The molecule has 2 heteroatoms. The molecule has 0 aliphatic carbocycles. The Bertz CT molecular complexity index is 298. The highest BCUT2D eigenvalue weighted by atomic mass is 15.2. The molecule has 0 aromatic heterocycles. The summed E-state index contributed by atoms with van der Waals surface area (Å²) in [5, 5.41) is 0. The van der Waals surface area contributed by atoms with Crippen LogP contribution in [0.4, 0.5) is 0 Å². The summed E-state index contributed by atoms with van der Waals surface area (Å²) in [5.41, 5.74) is 0.416. The fraction of sp³-hybridized carbons (Fsp3) is 1.00. The SMILES string of the molecule is CCC1CCN(CC2CCCN(C(C)C)C2)C(C)(C)C1. The molecule has 2 aliphatic heterocycles. The highest BCUT2D eigenvalue weighted by Crippen LogP contribution is 2.34. The predicted molar refractivity (Wildman–Crippen MR) is 88.1 cm³/mol. The fourth-order valence-corrected chi connectivity index (χ4v) is 4.29. The Balaban J connectivity index is 1.89. The molecule has 0 radical (unpaired) electrons. The Labute approximate surface area is 126 Å². The summed E-state index contributed by atoms with van der Waals surface area (Å²) in [4.78, 5) is 5.48. The molecule has 20 heavy (non-hydrogen) atoms. The lowest BCUT2D eigenvalue weighted by molar-refractivity contribution is 0.0157. The maximum atomic E-state index is 2.80. The van der Waals surface area contributed by atoms with E-state index in [4.69, 9.17) is 0 Å². The first-order chi connectivity index (χ1) is 9.42. The molecule has 0 N–H and O–H groups in total. The predicted octanol–water partition coefficient (Wildman–Crippen LogP) is 4.01. The van der Waals surface area contributed by atoms with Crippen molar-refractivity contribution >= 4 is 0 Å². The summed E-state index contributed by atoms with van der Waals surface area (Å²) in [6, 6.07) is 0.719. The molecule has 2 unspecified atom stereocenters. The first-order valence-electron chi connectivity index (χ1n) is 8.91. The van der Waals surface area contributed by atoms with Gasteiger partial charge < -0.3 is 4.90 Å². The van der Waals surface area contributed by atoms with E-state index in [2.05, 4.69) is 44.4 Å². The summed E-state index contributed by atoms with van der Waals surface area (Å²) in [6.45, 7) is 17.3. The third-order valence-electron chi connectivity index (χ3n) is 5.79. The number of piperidine rings is 2. The summed E-state index contributed by atoms with van der Waals surface area (Å²) in [5.74, 6) is 1.85. The van der Waals surface area contributed by atoms with E-state index in [1.54, 1.807) is 0 Å². The van der Waals surface area contributed by atoms with E-state index in [-0.39, 0.29) is 0 Å². The maximum Gasteiger partial charge on any atom is 0.0156 e. The smallest absolute Gasteiger partial charge is 0.0156 e. The van der Waals surface area contributed by atoms with Crippen LogP contribution < -0.4 is 0 Å². The van der Waals surface area contributed by atoms with Crippen LogP contribution in [0.15, 0.2) is 0 Å². The number of hydrogen-bond acceptors (Lipinski definition) is 2. The lowest BCUT2D eigenvalue weighted by Crippen LogP contribution is -2.53.